The van der Waals surface area contributed by atoms with Crippen molar-refractivity contribution in [2.24, 2.45) is 0 Å². The minimum atomic E-state index is -0.819. The number of piperazine rings is 1. The number of hydrazine groups is 2. The van der Waals surface area contributed by atoms with E-state index in [0.29, 0.717) is 48.7 Å². The van der Waals surface area contributed by atoms with Gasteiger partial charge < -0.3 is 40.9 Å². The minimum absolute atomic E-state index is 0.156. The molecule has 5 rings (SSSR count). The molecule has 4 aromatic rings. The van der Waals surface area contributed by atoms with E-state index >= 15 is 0 Å². The van der Waals surface area contributed by atoms with Gasteiger partial charge in [-0.25, -0.2) is 0 Å². The number of aromatic nitrogens is 2. The van der Waals surface area contributed by atoms with Gasteiger partial charge in [-0.3, -0.25) is 50.5 Å². The molecule has 20 heteroatoms. The van der Waals surface area contributed by atoms with Gasteiger partial charge in [-0.05, 0) is 74.5 Å². The lowest BCUT2D eigenvalue weighted by Gasteiger charge is -2.34. The maximum atomic E-state index is 12.5. The van der Waals surface area contributed by atoms with Crippen LogP contribution in [0, 0.1) is 0 Å². The summed E-state index contributed by atoms with van der Waals surface area (Å²) < 4.78 is 3.56. The number of rotatable bonds is 20. The van der Waals surface area contributed by atoms with Gasteiger partial charge in [0.05, 0.1) is 11.4 Å². The van der Waals surface area contributed by atoms with Crippen LogP contribution in [0.3, 0.4) is 0 Å². The fourth-order valence-electron chi connectivity index (χ4n) is 6.49. The molecular formula is C44H60N14O6+2. The predicted molar refractivity (Wildman–Crippen MR) is 244 cm³/mol. The van der Waals surface area contributed by atoms with Gasteiger partial charge in [0, 0.05) is 114 Å². The fourth-order valence-corrected chi connectivity index (χ4v) is 6.49. The Morgan fingerprint density at radius 3 is 1.14 bits per heavy atom. The molecule has 20 nitrogen and oxygen atoms in total. The van der Waals surface area contributed by atoms with E-state index in [1.54, 1.807) is 57.7 Å². The molecule has 0 unspecified atom stereocenters. The van der Waals surface area contributed by atoms with Crippen LogP contribution in [0.4, 0.5) is 34.1 Å². The maximum Gasteiger partial charge on any atom is 0.327 e. The summed E-state index contributed by atoms with van der Waals surface area (Å²) in [6.07, 6.45) is 8.72. The Labute approximate surface area is 373 Å². The summed E-state index contributed by atoms with van der Waals surface area (Å²) >= 11 is 0. The molecule has 1 fully saturated rings. The molecule has 2 aromatic heterocycles. The second kappa shape index (κ2) is 24.4. The molecule has 2 aromatic carbocycles. The molecule has 1 aliphatic rings. The molecule has 0 saturated carbocycles. The van der Waals surface area contributed by atoms with Crippen molar-refractivity contribution in [1.82, 2.24) is 31.3 Å². The number of carbonyl (C=O) groups excluding carboxylic acids is 6. The first-order chi connectivity index (χ1) is 30.8. The van der Waals surface area contributed by atoms with Crippen LogP contribution >= 0.6 is 0 Å². The van der Waals surface area contributed by atoms with Gasteiger partial charge in [-0.15, -0.1) is 0 Å². The van der Waals surface area contributed by atoms with Crippen molar-refractivity contribution in [2.75, 3.05) is 112 Å². The second-order valence-electron chi connectivity index (χ2n) is 15.6. The van der Waals surface area contributed by atoms with Crippen molar-refractivity contribution >= 4 is 69.6 Å². The average molecular weight is 881 g/mol. The molecule has 6 amide bonds. The van der Waals surface area contributed by atoms with Gasteiger partial charge in [0.25, 0.3) is 11.8 Å². The largest absolute Gasteiger partial charge is 0.377 e. The first-order valence-electron chi connectivity index (χ1n) is 21.1. The third kappa shape index (κ3) is 16.2. The van der Waals surface area contributed by atoms with Crippen molar-refractivity contribution in [1.29, 1.82) is 0 Å². The molecule has 0 spiro atoms. The summed E-state index contributed by atoms with van der Waals surface area (Å²) in [5.74, 6) is -3.50. The van der Waals surface area contributed by atoms with E-state index in [2.05, 4.69) is 52.8 Å². The Hall–Kier alpha value is -7.32. The molecule has 1 aliphatic heterocycles. The first kappa shape index (κ1) is 47.7. The molecule has 0 aliphatic carbocycles. The van der Waals surface area contributed by atoms with E-state index in [1.807, 2.05) is 87.0 Å². The number of amides is 6. The topological polar surface area (TPSA) is 219 Å². The summed E-state index contributed by atoms with van der Waals surface area (Å²) in [6.45, 7) is 5.95. The quantitative estimate of drug-likeness (QED) is 0.0253. The molecule has 0 bridgehead atoms. The number of nitrogens with zero attached hydrogens (tertiary/aromatic N) is 6. The third-order valence-electron chi connectivity index (χ3n) is 10.2. The summed E-state index contributed by atoms with van der Waals surface area (Å²) in [4.78, 5) is 82.8. The van der Waals surface area contributed by atoms with Crippen LogP contribution in [-0.2, 0) is 41.9 Å². The average Bonchev–Trinajstić information content (AvgIpc) is 3.29. The summed E-state index contributed by atoms with van der Waals surface area (Å²) in [6, 6.07) is 21.2. The van der Waals surface area contributed by atoms with E-state index in [1.165, 1.54) is 0 Å². The minimum Gasteiger partial charge on any atom is -0.377 e. The van der Waals surface area contributed by atoms with Crippen molar-refractivity contribution in [3.8, 4) is 0 Å². The normalized spacial score (nSPS) is 12.6. The standard InChI is InChI=1S/C44H58N14O6/c1-53(2)37-15-23-57(24-16-37)31-39(59)47-33-7-11-35(12-8-33)49-51-43(63)41(61)45-19-5-21-55-27-29-56(30-28-55)22-6-20-46-42(62)44(64)52-50-36-13-9-34(10-14-36)48-40(60)32-58-25-17-38(18-26-58)54(3)4/h7-18,23-26H,5-6,19-22,27-32H2,1-4H3,(H6-2,45,46,47,48,49,50,51,52,59,60,61,62,63,64)/p+2. The lowest BCUT2D eigenvalue weighted by atomic mass is 10.2. The zero-order valence-corrected chi connectivity index (χ0v) is 36.9. The molecule has 3 heterocycles. The monoisotopic (exact) mass is 880 g/mol. The first-order valence-corrected chi connectivity index (χ1v) is 21.1. The predicted octanol–water partition coefficient (Wildman–Crippen LogP) is -0.112. The van der Waals surface area contributed by atoms with Crippen molar-refractivity contribution in [3.63, 3.8) is 0 Å². The smallest absolute Gasteiger partial charge is 0.327 e. The number of carbonyl (C=O) groups is 6. The van der Waals surface area contributed by atoms with Crippen LogP contribution in [-0.4, -0.2) is 126 Å². The molecule has 1 saturated heterocycles. The fraction of sp³-hybridized carbons (Fsp3) is 0.364. The number of nitrogens with one attached hydrogen (secondary N) is 8. The van der Waals surface area contributed by atoms with Crippen LogP contribution in [0.25, 0.3) is 0 Å². The molecule has 0 radical (unpaired) electrons. The van der Waals surface area contributed by atoms with E-state index in [9.17, 15) is 28.8 Å². The van der Waals surface area contributed by atoms with Gasteiger partial charge >= 0.3 is 23.6 Å². The summed E-state index contributed by atoms with van der Waals surface area (Å²) in [7, 11) is 7.80. The number of hydrogen-bond acceptors (Lipinski definition) is 12. The molecule has 64 heavy (non-hydrogen) atoms. The zero-order valence-electron chi connectivity index (χ0n) is 36.9. The Bertz CT molecular complexity index is 2010. The Balaban J connectivity index is 0.853. The van der Waals surface area contributed by atoms with Crippen LogP contribution < -0.4 is 61.9 Å². The van der Waals surface area contributed by atoms with Crippen LogP contribution in [0.5, 0.6) is 0 Å². The Morgan fingerprint density at radius 2 is 0.812 bits per heavy atom. The number of benzene rings is 2. The van der Waals surface area contributed by atoms with Gasteiger partial charge in [-0.1, -0.05) is 0 Å². The summed E-state index contributed by atoms with van der Waals surface area (Å²) in [5, 5.41) is 11.0. The highest BCUT2D eigenvalue weighted by Gasteiger charge is 2.19. The van der Waals surface area contributed by atoms with Crippen molar-refractivity contribution in [3.05, 3.63) is 97.6 Å². The Morgan fingerprint density at radius 1 is 0.484 bits per heavy atom. The highest BCUT2D eigenvalue weighted by atomic mass is 16.2. The highest BCUT2D eigenvalue weighted by molar-refractivity contribution is 6.35. The van der Waals surface area contributed by atoms with Gasteiger partial charge in [0.2, 0.25) is 13.1 Å². The number of anilines is 6. The third-order valence-corrected chi connectivity index (χ3v) is 10.2. The molecule has 8 N–H and O–H groups in total. The molecular weight excluding hydrogens is 821 g/mol. The Kier molecular flexibility index (Phi) is 18.2. The van der Waals surface area contributed by atoms with Gasteiger partial charge in [0.1, 0.15) is 0 Å². The zero-order chi connectivity index (χ0) is 45.8. The van der Waals surface area contributed by atoms with Crippen LogP contribution in [0.1, 0.15) is 12.8 Å². The van der Waals surface area contributed by atoms with E-state index in [-0.39, 0.29) is 24.9 Å². The second-order valence-corrected chi connectivity index (χ2v) is 15.6. The van der Waals surface area contributed by atoms with Crippen LogP contribution in [0.15, 0.2) is 97.6 Å². The maximum absolute atomic E-state index is 12.5. The van der Waals surface area contributed by atoms with Gasteiger partial charge in [-0.2, -0.15) is 9.13 Å². The number of pyridine rings is 2. The highest BCUT2D eigenvalue weighted by Crippen LogP contribution is 2.14. The molecule has 0 atom stereocenters. The van der Waals surface area contributed by atoms with Gasteiger partial charge in [0.15, 0.2) is 24.8 Å². The molecule has 340 valence electrons. The lowest BCUT2D eigenvalue weighted by molar-refractivity contribution is -0.684. The lowest BCUT2D eigenvalue weighted by Crippen LogP contribution is -2.48. The summed E-state index contributed by atoms with van der Waals surface area (Å²) in [5.41, 5.74) is 14.5. The van der Waals surface area contributed by atoms with Crippen molar-refractivity contribution < 1.29 is 37.9 Å². The van der Waals surface area contributed by atoms with E-state index in [0.717, 1.165) is 50.6 Å². The van der Waals surface area contributed by atoms with Crippen molar-refractivity contribution in [2.45, 2.75) is 25.9 Å². The van der Waals surface area contributed by atoms with Crippen LogP contribution in [0.2, 0.25) is 0 Å². The number of hydrogen-bond donors (Lipinski definition) is 8. The van der Waals surface area contributed by atoms with E-state index in [4.69, 9.17) is 0 Å². The SMILES string of the molecule is CN(C)c1cc[n+](CC(=O)Nc2ccc(NNC(=O)C(=O)NCCCN3CCN(CCCNC(=O)C(=O)NNc4ccc(NC(=O)C[n+]5ccc(N(C)C)cc5)cc4)CC3)cc2)cc1. The van der Waals surface area contributed by atoms with E-state index < -0.39 is 23.6 Å².